The van der Waals surface area contributed by atoms with Crippen LogP contribution in [0.4, 0.5) is 10.5 Å². The molecular formula is C31H39N3O. The summed E-state index contributed by atoms with van der Waals surface area (Å²) in [5.74, 6) is 1.24. The highest BCUT2D eigenvalue weighted by molar-refractivity contribution is 5.91. The van der Waals surface area contributed by atoms with Crippen LogP contribution in [-0.4, -0.2) is 22.0 Å². The van der Waals surface area contributed by atoms with Crippen LogP contribution in [0.5, 0.6) is 0 Å². The third-order valence-corrected chi connectivity index (χ3v) is 7.35. The van der Waals surface area contributed by atoms with Crippen molar-refractivity contribution in [2.45, 2.75) is 83.7 Å². The molecule has 184 valence electrons. The fourth-order valence-corrected chi connectivity index (χ4v) is 5.38. The lowest BCUT2D eigenvalue weighted by Gasteiger charge is -2.37. The standard InChI is InChI=1S/C31H39N3O/c1-22(2)28-13-8-14-29(23(3)4)30(28)33-31(35)34(21-24-10-9-19-32-20-24)27-17-15-26(16-18-27)25-11-6-5-7-12-25/h5-14,19-20,22-23,26-27H,15-18,21H2,1-4H3,(H,33,35). The quantitative estimate of drug-likeness (QED) is 0.380. The Morgan fingerprint density at radius 3 is 2.11 bits per heavy atom. The Morgan fingerprint density at radius 1 is 0.886 bits per heavy atom. The summed E-state index contributed by atoms with van der Waals surface area (Å²) in [5.41, 5.74) is 5.85. The molecule has 0 atom stereocenters. The molecule has 1 saturated carbocycles. The number of pyridine rings is 1. The SMILES string of the molecule is CC(C)c1cccc(C(C)C)c1NC(=O)N(Cc1cccnc1)C1CCC(c2ccccc2)CC1. The average molecular weight is 470 g/mol. The number of rotatable bonds is 7. The molecule has 2 amide bonds. The van der Waals surface area contributed by atoms with Crippen LogP contribution < -0.4 is 5.32 Å². The summed E-state index contributed by atoms with van der Waals surface area (Å²) in [7, 11) is 0. The number of hydrogen-bond donors (Lipinski definition) is 1. The Hall–Kier alpha value is -3.14. The van der Waals surface area contributed by atoms with Crippen LogP contribution in [-0.2, 0) is 6.54 Å². The molecule has 0 aliphatic heterocycles. The number of carbonyl (C=O) groups excluding carboxylic acids is 1. The average Bonchev–Trinajstić information content (AvgIpc) is 2.88. The molecule has 3 aromatic rings. The van der Waals surface area contributed by atoms with Gasteiger partial charge >= 0.3 is 6.03 Å². The van der Waals surface area contributed by atoms with Gasteiger partial charge in [0.1, 0.15) is 0 Å². The van der Waals surface area contributed by atoms with E-state index in [0.29, 0.717) is 24.3 Å². The number of aromatic nitrogens is 1. The first kappa shape index (κ1) is 25.0. The molecule has 35 heavy (non-hydrogen) atoms. The minimum atomic E-state index is -0.00739. The number of benzene rings is 2. The highest BCUT2D eigenvalue weighted by Gasteiger charge is 2.30. The molecule has 1 aromatic heterocycles. The first-order valence-corrected chi connectivity index (χ1v) is 13.1. The van der Waals surface area contributed by atoms with E-state index in [9.17, 15) is 4.79 Å². The third kappa shape index (κ3) is 6.11. The van der Waals surface area contributed by atoms with Crippen molar-refractivity contribution >= 4 is 11.7 Å². The highest BCUT2D eigenvalue weighted by atomic mass is 16.2. The van der Waals surface area contributed by atoms with Gasteiger partial charge in [0.15, 0.2) is 0 Å². The first-order chi connectivity index (χ1) is 16.9. The second kappa shape index (κ2) is 11.5. The smallest absolute Gasteiger partial charge is 0.317 e. The Balaban J connectivity index is 1.58. The van der Waals surface area contributed by atoms with Gasteiger partial charge in [0, 0.05) is 30.7 Å². The number of anilines is 1. The molecule has 2 aromatic carbocycles. The molecule has 1 heterocycles. The summed E-state index contributed by atoms with van der Waals surface area (Å²) in [4.78, 5) is 20.3. The molecule has 0 saturated heterocycles. The lowest BCUT2D eigenvalue weighted by Crippen LogP contribution is -2.44. The predicted molar refractivity (Wildman–Crippen MR) is 145 cm³/mol. The van der Waals surface area contributed by atoms with E-state index in [0.717, 1.165) is 36.9 Å². The molecule has 4 rings (SSSR count). The van der Waals surface area contributed by atoms with Crippen molar-refractivity contribution in [1.29, 1.82) is 0 Å². The van der Waals surface area contributed by atoms with Gasteiger partial charge in [-0.15, -0.1) is 0 Å². The molecule has 0 unspecified atom stereocenters. The fourth-order valence-electron chi connectivity index (χ4n) is 5.38. The topological polar surface area (TPSA) is 45.2 Å². The normalized spacial score (nSPS) is 18.0. The molecule has 0 spiro atoms. The number of carbonyl (C=O) groups is 1. The summed E-state index contributed by atoms with van der Waals surface area (Å²) >= 11 is 0. The molecule has 0 bridgehead atoms. The van der Waals surface area contributed by atoms with Crippen LogP contribution in [0.1, 0.15) is 93.4 Å². The maximum Gasteiger partial charge on any atom is 0.322 e. The number of urea groups is 1. The summed E-state index contributed by atoms with van der Waals surface area (Å²) in [6, 6.07) is 21.4. The monoisotopic (exact) mass is 469 g/mol. The lowest BCUT2D eigenvalue weighted by molar-refractivity contribution is 0.158. The lowest BCUT2D eigenvalue weighted by atomic mass is 9.81. The van der Waals surface area contributed by atoms with E-state index in [1.807, 2.05) is 12.3 Å². The van der Waals surface area contributed by atoms with Gasteiger partial charge < -0.3 is 10.2 Å². The number of amides is 2. The van der Waals surface area contributed by atoms with Crippen LogP contribution in [0, 0.1) is 0 Å². The van der Waals surface area contributed by atoms with Gasteiger partial charge in [-0.3, -0.25) is 4.98 Å². The second-order valence-electron chi connectivity index (χ2n) is 10.5. The van der Waals surface area contributed by atoms with Gasteiger partial charge in [0.25, 0.3) is 0 Å². The van der Waals surface area contributed by atoms with E-state index in [4.69, 9.17) is 0 Å². The Bertz CT molecular complexity index is 1060. The van der Waals surface area contributed by atoms with E-state index >= 15 is 0 Å². The zero-order valence-corrected chi connectivity index (χ0v) is 21.6. The van der Waals surface area contributed by atoms with E-state index in [1.165, 1.54) is 16.7 Å². The number of nitrogens with one attached hydrogen (secondary N) is 1. The van der Waals surface area contributed by atoms with Crippen LogP contribution in [0.2, 0.25) is 0 Å². The van der Waals surface area contributed by atoms with E-state index in [2.05, 4.69) is 97.5 Å². The maximum absolute atomic E-state index is 13.9. The van der Waals surface area contributed by atoms with Gasteiger partial charge in [0.05, 0.1) is 0 Å². The van der Waals surface area contributed by atoms with Gasteiger partial charge in [0.2, 0.25) is 0 Å². The molecule has 0 radical (unpaired) electrons. The molecular weight excluding hydrogens is 430 g/mol. The van der Waals surface area contributed by atoms with Gasteiger partial charge in [-0.25, -0.2) is 4.79 Å². The number of para-hydroxylation sites is 1. The van der Waals surface area contributed by atoms with Crippen molar-refractivity contribution in [2.24, 2.45) is 0 Å². The molecule has 1 aliphatic carbocycles. The van der Waals surface area contributed by atoms with Crippen LogP contribution >= 0.6 is 0 Å². The molecule has 4 nitrogen and oxygen atoms in total. The summed E-state index contributed by atoms with van der Waals surface area (Å²) in [5, 5.41) is 3.37. The van der Waals surface area contributed by atoms with Gasteiger partial charge in [-0.05, 0) is 71.8 Å². The van der Waals surface area contributed by atoms with Crippen molar-refractivity contribution in [3.05, 3.63) is 95.3 Å². The van der Waals surface area contributed by atoms with Gasteiger partial charge in [-0.2, -0.15) is 0 Å². The molecule has 1 aliphatic rings. The van der Waals surface area contributed by atoms with Crippen molar-refractivity contribution in [3.8, 4) is 0 Å². The summed E-state index contributed by atoms with van der Waals surface area (Å²) < 4.78 is 0. The third-order valence-electron chi connectivity index (χ3n) is 7.35. The summed E-state index contributed by atoms with van der Waals surface area (Å²) in [6.07, 6.45) is 7.88. The van der Waals surface area contributed by atoms with Crippen molar-refractivity contribution in [1.82, 2.24) is 9.88 Å². The van der Waals surface area contributed by atoms with Crippen molar-refractivity contribution in [2.75, 3.05) is 5.32 Å². The number of nitrogens with zero attached hydrogens (tertiary/aromatic N) is 2. The van der Waals surface area contributed by atoms with E-state index in [-0.39, 0.29) is 12.1 Å². The van der Waals surface area contributed by atoms with Crippen LogP contribution in [0.25, 0.3) is 0 Å². The summed E-state index contributed by atoms with van der Waals surface area (Å²) in [6.45, 7) is 9.32. The van der Waals surface area contributed by atoms with E-state index < -0.39 is 0 Å². The maximum atomic E-state index is 13.9. The minimum Gasteiger partial charge on any atom is -0.317 e. The number of hydrogen-bond acceptors (Lipinski definition) is 2. The zero-order chi connectivity index (χ0) is 24.8. The largest absolute Gasteiger partial charge is 0.322 e. The Kier molecular flexibility index (Phi) is 8.22. The van der Waals surface area contributed by atoms with Gasteiger partial charge in [-0.1, -0.05) is 82.3 Å². The fraction of sp³-hybridized carbons (Fsp3) is 0.419. The molecule has 1 fully saturated rings. The zero-order valence-electron chi connectivity index (χ0n) is 21.6. The second-order valence-corrected chi connectivity index (χ2v) is 10.5. The highest BCUT2D eigenvalue weighted by Crippen LogP contribution is 2.36. The Morgan fingerprint density at radius 2 is 1.54 bits per heavy atom. The van der Waals surface area contributed by atoms with Crippen molar-refractivity contribution in [3.63, 3.8) is 0 Å². The first-order valence-electron chi connectivity index (χ1n) is 13.1. The predicted octanol–water partition coefficient (Wildman–Crippen LogP) is 8.09. The molecule has 1 N–H and O–H groups in total. The molecule has 4 heteroatoms. The van der Waals surface area contributed by atoms with Crippen LogP contribution in [0.15, 0.2) is 73.1 Å². The van der Waals surface area contributed by atoms with Crippen molar-refractivity contribution < 1.29 is 4.79 Å². The van der Waals surface area contributed by atoms with Crippen LogP contribution in [0.3, 0.4) is 0 Å². The Labute approximate surface area is 210 Å². The minimum absolute atomic E-state index is 0.00739. The van der Waals surface area contributed by atoms with E-state index in [1.54, 1.807) is 6.20 Å².